The topological polar surface area (TPSA) is 197 Å². The molecule has 0 spiro atoms. The van der Waals surface area contributed by atoms with E-state index in [4.69, 9.17) is 37.1 Å². The first-order chi connectivity index (χ1) is 14.4. The van der Waals surface area contributed by atoms with Gasteiger partial charge < -0.3 is 0 Å². The van der Waals surface area contributed by atoms with Gasteiger partial charge in [0.2, 0.25) is 0 Å². The van der Waals surface area contributed by atoms with Crippen LogP contribution >= 0.6 is 12.2 Å². The van der Waals surface area contributed by atoms with Crippen LogP contribution in [0.5, 0.6) is 0 Å². The Labute approximate surface area is 190 Å². The van der Waals surface area contributed by atoms with Crippen molar-refractivity contribution < 1.29 is 20.0 Å². The van der Waals surface area contributed by atoms with Crippen LogP contribution in [0.2, 0.25) is 0 Å². The summed E-state index contributed by atoms with van der Waals surface area (Å²) < 4.78 is 6.87. The molecule has 0 atom stereocenters. The van der Waals surface area contributed by atoms with Gasteiger partial charge in [-0.15, -0.1) is 4.33 Å². The third-order valence-corrected chi connectivity index (χ3v) is 4.71. The quantitative estimate of drug-likeness (QED) is 0.0533. The molecule has 0 saturated carbocycles. The molecule has 0 aromatic heterocycles. The number of hydrogen-bond donors (Lipinski definition) is 4. The highest BCUT2D eigenvalue weighted by Crippen LogP contribution is 2.15. The second-order valence-corrected chi connectivity index (χ2v) is 8.54. The minimum absolute atomic E-state index is 0.202. The van der Waals surface area contributed by atoms with Crippen LogP contribution in [-0.4, -0.2) is 46.2 Å². The van der Waals surface area contributed by atoms with Crippen molar-refractivity contribution >= 4 is 23.9 Å². The van der Waals surface area contributed by atoms with E-state index in [9.17, 15) is 0 Å². The number of nitriles is 2. The van der Waals surface area contributed by atoms with Crippen molar-refractivity contribution in [2.75, 3.05) is 13.1 Å². The first-order valence-electron chi connectivity index (χ1n) is 10.1. The summed E-state index contributed by atoms with van der Waals surface area (Å²) in [6, 6.07) is 3.34. The summed E-state index contributed by atoms with van der Waals surface area (Å²) in [5.41, 5.74) is 9.49. The average Bonchev–Trinajstić information content (AvgIpc) is 2.71. The minimum atomic E-state index is -1.17. The van der Waals surface area contributed by atoms with Crippen LogP contribution in [-0.2, 0) is 9.22 Å². The van der Waals surface area contributed by atoms with E-state index in [2.05, 4.69) is 29.0 Å². The van der Waals surface area contributed by atoms with E-state index in [0.717, 1.165) is 51.0 Å². The molecule has 0 bridgehead atoms. The second kappa shape index (κ2) is 16.4. The van der Waals surface area contributed by atoms with Gasteiger partial charge in [-0.25, -0.2) is 4.31 Å². The fourth-order valence-corrected chi connectivity index (χ4v) is 2.00. The molecule has 0 rings (SSSR count). The van der Waals surface area contributed by atoms with Crippen molar-refractivity contribution in [1.29, 1.82) is 10.5 Å². The maximum Gasteiger partial charge on any atom is 0.268 e. The standard InChI is InChI=1S/C11H19N3O2S.C8H18N6/c1-3-5-7-14(8-6-4-2)17-16-15-11(9-12)10-13;1-7(2,5(9)10)13-14-8(3,4)6(11)12/h11H,3-8H2,1-2H3;1-4H3,(H3,9,10)(H3,11,12)/p+2. The highest BCUT2D eigenvalue weighted by Gasteiger charge is 2.30. The Hall–Kier alpha value is -2.25. The van der Waals surface area contributed by atoms with Gasteiger partial charge in [-0.3, -0.25) is 22.3 Å². The number of nitrogens with two attached hydrogens (primary N) is 4. The van der Waals surface area contributed by atoms with Gasteiger partial charge in [0, 0.05) is 13.1 Å². The molecule has 176 valence electrons. The van der Waals surface area contributed by atoms with Crippen LogP contribution in [0.3, 0.4) is 0 Å². The van der Waals surface area contributed by atoms with Gasteiger partial charge in [-0.2, -0.15) is 25.6 Å². The molecule has 31 heavy (non-hydrogen) atoms. The van der Waals surface area contributed by atoms with Crippen molar-refractivity contribution in [3.05, 3.63) is 0 Å². The average molecular weight is 458 g/mol. The van der Waals surface area contributed by atoms with Crippen LogP contribution in [0.1, 0.15) is 67.2 Å². The lowest BCUT2D eigenvalue weighted by Gasteiger charge is -2.18. The van der Waals surface area contributed by atoms with Crippen molar-refractivity contribution in [2.45, 2.75) is 84.4 Å². The monoisotopic (exact) mass is 457 g/mol. The molecular weight excluding hydrogens is 418 g/mol. The number of nitrogens with zero attached hydrogens (tertiary/aromatic N) is 5. The van der Waals surface area contributed by atoms with E-state index < -0.39 is 17.2 Å². The molecule has 0 aliphatic rings. The first-order valence-corrected chi connectivity index (χ1v) is 10.8. The molecule has 0 heterocycles. The summed E-state index contributed by atoms with van der Waals surface area (Å²) in [5, 5.41) is 35.9. The zero-order chi connectivity index (χ0) is 24.5. The SMILES string of the molecule is CC(C)(N=NC(C)(C)C(N)=[NH2+])C(N)=[NH2+].CCCCN(CCCC)SOOC(C#N)C#N. The van der Waals surface area contributed by atoms with Gasteiger partial charge in [-0.05, 0) is 40.5 Å². The van der Waals surface area contributed by atoms with Gasteiger partial charge in [0.1, 0.15) is 24.4 Å². The largest absolute Gasteiger partial charge is 0.289 e. The Morgan fingerprint density at radius 1 is 0.968 bits per heavy atom. The van der Waals surface area contributed by atoms with E-state index in [1.54, 1.807) is 39.8 Å². The van der Waals surface area contributed by atoms with Crippen molar-refractivity contribution in [2.24, 2.45) is 21.7 Å². The van der Waals surface area contributed by atoms with E-state index in [1.165, 1.54) is 0 Å². The summed E-state index contributed by atoms with van der Waals surface area (Å²) in [4.78, 5) is 4.63. The van der Waals surface area contributed by atoms with Crippen molar-refractivity contribution in [1.82, 2.24) is 4.31 Å². The third kappa shape index (κ3) is 15.2. The molecule has 0 fully saturated rings. The van der Waals surface area contributed by atoms with Crippen LogP contribution in [0.25, 0.3) is 0 Å². The minimum Gasteiger partial charge on any atom is -0.289 e. The molecule has 0 aliphatic heterocycles. The highest BCUT2D eigenvalue weighted by atomic mass is 32.2. The predicted octanol–water partition coefficient (Wildman–Crippen LogP) is 0.0442. The molecular formula is C19H39N9O2S+2. The molecule has 0 aromatic carbocycles. The third-order valence-electron chi connectivity index (χ3n) is 3.99. The zero-order valence-corrected chi connectivity index (χ0v) is 20.4. The highest BCUT2D eigenvalue weighted by molar-refractivity contribution is 7.92. The Morgan fingerprint density at radius 3 is 1.65 bits per heavy atom. The lowest BCUT2D eigenvalue weighted by atomic mass is 10.1. The van der Waals surface area contributed by atoms with Gasteiger partial charge >= 0.3 is 0 Å². The van der Waals surface area contributed by atoms with Crippen LogP contribution in [0, 0.1) is 22.7 Å². The normalized spacial score (nSPS) is 11.7. The molecule has 0 unspecified atom stereocenters. The van der Waals surface area contributed by atoms with E-state index in [-0.39, 0.29) is 11.7 Å². The lowest BCUT2D eigenvalue weighted by molar-refractivity contribution is -0.201. The van der Waals surface area contributed by atoms with E-state index in [0.29, 0.717) is 0 Å². The fraction of sp³-hybridized carbons (Fsp3) is 0.789. The summed E-state index contributed by atoms with van der Waals surface area (Å²) in [6.45, 7) is 13.1. The molecule has 0 saturated heterocycles. The molecule has 0 amide bonds. The van der Waals surface area contributed by atoms with Crippen LogP contribution in [0.15, 0.2) is 10.2 Å². The summed E-state index contributed by atoms with van der Waals surface area (Å²) in [5.74, 6) is 0.403. The molecule has 12 heteroatoms. The number of rotatable bonds is 14. The fourth-order valence-electron chi connectivity index (χ4n) is 1.39. The summed E-state index contributed by atoms with van der Waals surface area (Å²) in [7, 11) is 0. The predicted molar refractivity (Wildman–Crippen MR) is 121 cm³/mol. The second-order valence-electron chi connectivity index (χ2n) is 7.74. The Bertz CT molecular complexity index is 604. The van der Waals surface area contributed by atoms with E-state index in [1.807, 2.05) is 4.31 Å². The van der Waals surface area contributed by atoms with Gasteiger partial charge in [0.15, 0.2) is 11.1 Å². The number of hydrogen-bond acceptors (Lipinski definition) is 8. The van der Waals surface area contributed by atoms with Crippen molar-refractivity contribution in [3.63, 3.8) is 0 Å². The Balaban J connectivity index is 0. The van der Waals surface area contributed by atoms with Crippen LogP contribution < -0.4 is 22.3 Å². The van der Waals surface area contributed by atoms with Crippen molar-refractivity contribution in [3.8, 4) is 12.1 Å². The molecule has 8 N–H and O–H groups in total. The van der Waals surface area contributed by atoms with E-state index >= 15 is 0 Å². The number of azo groups is 1. The smallest absolute Gasteiger partial charge is 0.268 e. The molecule has 11 nitrogen and oxygen atoms in total. The number of unbranched alkanes of at least 4 members (excludes halogenated alkanes) is 2. The lowest BCUT2D eigenvalue weighted by Crippen LogP contribution is -2.58. The summed E-state index contributed by atoms with van der Waals surface area (Å²) in [6.07, 6.45) is 3.23. The van der Waals surface area contributed by atoms with Gasteiger partial charge in [0.05, 0.1) is 0 Å². The van der Waals surface area contributed by atoms with Gasteiger partial charge in [0.25, 0.3) is 17.8 Å². The molecule has 0 aromatic rings. The maximum atomic E-state index is 8.47. The summed E-state index contributed by atoms with van der Waals surface area (Å²) >= 11 is 1.07. The molecule has 0 radical (unpaired) electrons. The first kappa shape index (κ1) is 30.9. The van der Waals surface area contributed by atoms with Gasteiger partial charge in [-0.1, -0.05) is 26.7 Å². The molecule has 0 aliphatic carbocycles. The Morgan fingerprint density at radius 2 is 1.35 bits per heavy atom. The maximum absolute atomic E-state index is 8.47. The Kier molecular flexibility index (Phi) is 16.4. The zero-order valence-electron chi connectivity index (χ0n) is 19.6. The van der Waals surface area contributed by atoms with Crippen LogP contribution in [0.4, 0.5) is 0 Å². The number of amidine groups is 2.